The van der Waals surface area contributed by atoms with Gasteiger partial charge in [-0.25, -0.2) is 4.79 Å². The Morgan fingerprint density at radius 2 is 1.97 bits per heavy atom. The Bertz CT molecular complexity index is 921. The van der Waals surface area contributed by atoms with Crippen LogP contribution in [0, 0.1) is 0 Å². The van der Waals surface area contributed by atoms with Gasteiger partial charge in [0.2, 0.25) is 5.91 Å². The highest BCUT2D eigenvalue weighted by Gasteiger charge is 2.20. The highest BCUT2D eigenvalue weighted by atomic mass is 16.5. The number of allylic oxidation sites excluding steroid dienone is 1. The molecule has 0 unspecified atom stereocenters. The minimum absolute atomic E-state index is 0.0372. The van der Waals surface area contributed by atoms with Crippen LogP contribution in [0.5, 0.6) is 0 Å². The molecule has 1 N–H and O–H groups in total. The van der Waals surface area contributed by atoms with Crippen LogP contribution >= 0.6 is 0 Å². The van der Waals surface area contributed by atoms with Crippen LogP contribution in [0.2, 0.25) is 0 Å². The molecule has 0 radical (unpaired) electrons. The molecule has 188 valence electrons. The molecule has 1 amide bonds. The second-order valence-electron chi connectivity index (χ2n) is 8.13. The molecule has 0 aromatic carbocycles. The SMILES string of the molecule is CCOC(=O)/C=C/CC[C@H](NC(C)=O)C(=O)Cc1cccn(CC(=O)CCCN(C)CC)c1=O. The lowest BCUT2D eigenvalue weighted by atomic mass is 10.0. The quantitative estimate of drug-likeness (QED) is 0.286. The molecule has 0 aliphatic heterocycles. The highest BCUT2D eigenvalue weighted by molar-refractivity contribution is 5.90. The fraction of sp³-hybridized carbons (Fsp3) is 0.560. The fourth-order valence-electron chi connectivity index (χ4n) is 3.32. The van der Waals surface area contributed by atoms with Crippen molar-refractivity contribution in [3.8, 4) is 0 Å². The van der Waals surface area contributed by atoms with Gasteiger partial charge in [-0.3, -0.25) is 19.2 Å². The van der Waals surface area contributed by atoms with Gasteiger partial charge < -0.3 is 19.5 Å². The molecule has 1 rings (SSSR count). The van der Waals surface area contributed by atoms with E-state index < -0.39 is 17.6 Å². The lowest BCUT2D eigenvalue weighted by molar-refractivity contribution is -0.137. The number of ether oxygens (including phenoxy) is 1. The highest BCUT2D eigenvalue weighted by Crippen LogP contribution is 2.06. The number of ketones is 2. The zero-order valence-corrected chi connectivity index (χ0v) is 20.7. The van der Waals surface area contributed by atoms with Crippen LogP contribution in [-0.2, 0) is 36.9 Å². The number of amides is 1. The van der Waals surface area contributed by atoms with Crippen molar-refractivity contribution in [3.63, 3.8) is 0 Å². The molecule has 9 nitrogen and oxygen atoms in total. The van der Waals surface area contributed by atoms with E-state index in [4.69, 9.17) is 4.74 Å². The lowest BCUT2D eigenvalue weighted by Gasteiger charge is -2.16. The molecule has 0 spiro atoms. The van der Waals surface area contributed by atoms with Crippen molar-refractivity contribution in [1.82, 2.24) is 14.8 Å². The van der Waals surface area contributed by atoms with Crippen LogP contribution < -0.4 is 10.9 Å². The zero-order chi connectivity index (χ0) is 25.5. The molecule has 34 heavy (non-hydrogen) atoms. The van der Waals surface area contributed by atoms with E-state index in [2.05, 4.69) is 10.2 Å². The Morgan fingerprint density at radius 1 is 1.24 bits per heavy atom. The third-order valence-electron chi connectivity index (χ3n) is 5.27. The van der Waals surface area contributed by atoms with Crippen molar-refractivity contribution in [1.29, 1.82) is 0 Å². The molecule has 1 aromatic heterocycles. The average Bonchev–Trinajstić information content (AvgIpc) is 2.78. The van der Waals surface area contributed by atoms with Crippen LogP contribution in [0.4, 0.5) is 0 Å². The first kappa shape index (κ1) is 29.0. The van der Waals surface area contributed by atoms with E-state index in [9.17, 15) is 24.0 Å². The number of carbonyl (C=O) groups excluding carboxylic acids is 4. The molecule has 0 saturated heterocycles. The van der Waals surface area contributed by atoms with Crippen LogP contribution in [0.3, 0.4) is 0 Å². The molecule has 9 heteroatoms. The molecule has 0 fully saturated rings. The fourth-order valence-corrected chi connectivity index (χ4v) is 3.32. The van der Waals surface area contributed by atoms with Gasteiger partial charge in [-0.15, -0.1) is 0 Å². The van der Waals surface area contributed by atoms with E-state index in [0.29, 0.717) is 12.8 Å². The first-order valence-corrected chi connectivity index (χ1v) is 11.7. The summed E-state index contributed by atoms with van der Waals surface area (Å²) in [5, 5.41) is 2.61. The number of esters is 1. The topological polar surface area (TPSA) is 115 Å². The summed E-state index contributed by atoms with van der Waals surface area (Å²) < 4.78 is 6.13. The van der Waals surface area contributed by atoms with E-state index in [0.717, 1.165) is 19.5 Å². The number of pyridine rings is 1. The average molecular weight is 476 g/mol. The van der Waals surface area contributed by atoms with Gasteiger partial charge >= 0.3 is 5.97 Å². The molecule has 1 atom stereocenters. The maximum Gasteiger partial charge on any atom is 0.330 e. The summed E-state index contributed by atoms with van der Waals surface area (Å²) in [7, 11) is 1.99. The van der Waals surface area contributed by atoms with Crippen LogP contribution in [0.1, 0.15) is 52.0 Å². The zero-order valence-electron chi connectivity index (χ0n) is 20.7. The normalized spacial score (nSPS) is 12.0. The van der Waals surface area contributed by atoms with Crippen LogP contribution in [-0.4, -0.2) is 65.7 Å². The minimum Gasteiger partial charge on any atom is -0.463 e. The van der Waals surface area contributed by atoms with Gasteiger partial charge in [0.25, 0.3) is 5.56 Å². The lowest BCUT2D eigenvalue weighted by Crippen LogP contribution is -2.41. The summed E-state index contributed by atoms with van der Waals surface area (Å²) in [6, 6.07) is 2.40. The number of nitrogens with zero attached hydrogens (tertiary/aromatic N) is 2. The number of hydrogen-bond acceptors (Lipinski definition) is 7. The van der Waals surface area contributed by atoms with Crippen molar-refractivity contribution < 1.29 is 23.9 Å². The number of nitrogens with one attached hydrogen (secondary N) is 1. The van der Waals surface area contributed by atoms with Crippen molar-refractivity contribution >= 4 is 23.4 Å². The second kappa shape index (κ2) is 15.7. The van der Waals surface area contributed by atoms with Crippen molar-refractivity contribution in [2.45, 2.75) is 65.5 Å². The number of hydrogen-bond donors (Lipinski definition) is 1. The van der Waals surface area contributed by atoms with E-state index in [1.54, 1.807) is 25.1 Å². The summed E-state index contributed by atoms with van der Waals surface area (Å²) in [4.78, 5) is 63.0. The van der Waals surface area contributed by atoms with Crippen molar-refractivity contribution in [2.24, 2.45) is 0 Å². The Hall–Kier alpha value is -3.07. The Kier molecular flexibility index (Phi) is 13.4. The van der Waals surface area contributed by atoms with Crippen molar-refractivity contribution in [3.05, 3.63) is 46.4 Å². The van der Waals surface area contributed by atoms with Crippen LogP contribution in [0.25, 0.3) is 0 Å². The van der Waals surface area contributed by atoms with Gasteiger partial charge in [-0.05, 0) is 52.4 Å². The Balaban J connectivity index is 2.77. The monoisotopic (exact) mass is 475 g/mol. The molecule has 0 aliphatic carbocycles. The Labute approximate surface area is 201 Å². The van der Waals surface area contributed by atoms with E-state index in [-0.39, 0.29) is 49.0 Å². The molecule has 1 heterocycles. The molecular formula is C25H37N3O6. The predicted octanol–water partition coefficient (Wildman–Crippen LogP) is 1.67. The molecule has 1 aromatic rings. The van der Waals surface area contributed by atoms with E-state index in [1.807, 2.05) is 14.0 Å². The summed E-state index contributed by atoms with van der Waals surface area (Å²) in [5.41, 5.74) is -0.123. The van der Waals surface area contributed by atoms with Gasteiger partial charge in [0.1, 0.15) is 0 Å². The first-order valence-electron chi connectivity index (χ1n) is 11.7. The van der Waals surface area contributed by atoms with E-state index >= 15 is 0 Å². The molecule has 0 bridgehead atoms. The van der Waals surface area contributed by atoms with Gasteiger partial charge in [0.15, 0.2) is 11.6 Å². The number of carbonyl (C=O) groups is 4. The number of aromatic nitrogens is 1. The third-order valence-corrected chi connectivity index (χ3v) is 5.27. The minimum atomic E-state index is -0.797. The summed E-state index contributed by atoms with van der Waals surface area (Å²) in [6.45, 7) is 7.02. The third kappa shape index (κ3) is 11.2. The van der Waals surface area contributed by atoms with Gasteiger partial charge in [-0.1, -0.05) is 19.1 Å². The van der Waals surface area contributed by atoms with Gasteiger partial charge in [0, 0.05) is 37.6 Å². The largest absolute Gasteiger partial charge is 0.463 e. The van der Waals surface area contributed by atoms with Crippen LogP contribution in [0.15, 0.2) is 35.3 Å². The molecule has 0 saturated carbocycles. The summed E-state index contributed by atoms with van der Waals surface area (Å²) in [5.74, 6) is -1.19. The summed E-state index contributed by atoms with van der Waals surface area (Å²) in [6.07, 6.45) is 5.99. The Morgan fingerprint density at radius 3 is 2.62 bits per heavy atom. The standard InChI is InChI=1S/C25H37N3O6/c1-5-27(4)15-10-12-21(30)18-28-16-9-11-20(25(28)33)17-23(31)22(26-19(3)29)13-7-8-14-24(32)34-6-2/h8-9,11,14,16,22H,5-7,10,12-13,15,17-18H2,1-4H3,(H,26,29)/b14-8+/t22-/m0/s1. The molecular weight excluding hydrogens is 438 g/mol. The predicted molar refractivity (Wildman–Crippen MR) is 129 cm³/mol. The number of Topliss-reactive ketones (excluding diaryl/α,β-unsaturated/α-hetero) is 2. The van der Waals surface area contributed by atoms with Crippen molar-refractivity contribution in [2.75, 3.05) is 26.7 Å². The maximum absolute atomic E-state index is 12.8. The smallest absolute Gasteiger partial charge is 0.330 e. The molecule has 0 aliphatic rings. The van der Waals surface area contributed by atoms with E-state index in [1.165, 1.54) is 23.8 Å². The summed E-state index contributed by atoms with van der Waals surface area (Å²) >= 11 is 0. The maximum atomic E-state index is 12.8. The first-order chi connectivity index (χ1) is 16.2. The second-order valence-corrected chi connectivity index (χ2v) is 8.13. The van der Waals surface area contributed by atoms with Gasteiger partial charge in [-0.2, -0.15) is 0 Å². The number of rotatable bonds is 16. The van der Waals surface area contributed by atoms with Gasteiger partial charge in [0.05, 0.1) is 19.2 Å².